The van der Waals surface area contributed by atoms with Gasteiger partial charge in [-0.3, -0.25) is 4.68 Å². The van der Waals surface area contributed by atoms with Crippen LogP contribution in [0, 0.1) is 6.92 Å². The van der Waals surface area contributed by atoms with Crippen molar-refractivity contribution in [3.05, 3.63) is 30.1 Å². The molecule has 0 bridgehead atoms. The average molecular weight is 136 g/mol. The molecule has 10 heavy (non-hydrogen) atoms. The lowest BCUT2D eigenvalue weighted by atomic mass is 10.4. The molecule has 0 radical (unpaired) electrons. The van der Waals surface area contributed by atoms with E-state index in [-0.39, 0.29) is 0 Å². The summed E-state index contributed by atoms with van der Waals surface area (Å²) in [5.74, 6) is 0. The second-order valence-electron chi connectivity index (χ2n) is 2.22. The molecule has 0 amide bonds. The Labute approximate surface area is 61.2 Å². The molecule has 0 aliphatic heterocycles. The first-order valence-corrected chi connectivity index (χ1v) is 3.44. The Hall–Kier alpha value is -1.05. The van der Waals surface area contributed by atoms with Gasteiger partial charge in [-0.2, -0.15) is 5.10 Å². The molecule has 0 fully saturated rings. The normalized spacial score (nSPS) is 11.0. The largest absolute Gasteiger partial charge is 0.266 e. The van der Waals surface area contributed by atoms with Gasteiger partial charge in [-0.15, -0.1) is 0 Å². The van der Waals surface area contributed by atoms with E-state index in [4.69, 9.17) is 0 Å². The average Bonchev–Trinajstić information content (AvgIpc) is 2.31. The lowest BCUT2D eigenvalue weighted by Crippen LogP contribution is -1.98. The van der Waals surface area contributed by atoms with Crippen LogP contribution >= 0.6 is 0 Å². The van der Waals surface area contributed by atoms with E-state index in [1.165, 1.54) is 5.69 Å². The van der Waals surface area contributed by atoms with Crippen molar-refractivity contribution in [1.29, 1.82) is 0 Å². The minimum absolute atomic E-state index is 0.884. The van der Waals surface area contributed by atoms with Gasteiger partial charge in [-0.1, -0.05) is 12.2 Å². The lowest BCUT2D eigenvalue weighted by molar-refractivity contribution is 0.678. The van der Waals surface area contributed by atoms with Gasteiger partial charge in [-0.25, -0.2) is 0 Å². The minimum Gasteiger partial charge on any atom is -0.266 e. The number of rotatable bonds is 2. The van der Waals surface area contributed by atoms with Crippen molar-refractivity contribution in [2.45, 2.75) is 20.4 Å². The maximum absolute atomic E-state index is 4.12. The minimum atomic E-state index is 0.884. The van der Waals surface area contributed by atoms with Gasteiger partial charge in [-0.05, 0) is 19.9 Å². The number of allylic oxidation sites excluding steroid dienone is 2. The molecular weight excluding hydrogens is 124 g/mol. The zero-order valence-electron chi connectivity index (χ0n) is 6.41. The van der Waals surface area contributed by atoms with Crippen LogP contribution in [0.15, 0.2) is 24.4 Å². The molecule has 1 rings (SSSR count). The van der Waals surface area contributed by atoms with Crippen LogP contribution in [0.5, 0.6) is 0 Å². The Morgan fingerprint density at radius 3 is 3.00 bits per heavy atom. The maximum Gasteiger partial charge on any atom is 0.0592 e. The van der Waals surface area contributed by atoms with E-state index < -0.39 is 0 Å². The smallest absolute Gasteiger partial charge is 0.0592 e. The summed E-state index contributed by atoms with van der Waals surface area (Å²) < 4.78 is 1.96. The number of aromatic nitrogens is 2. The van der Waals surface area contributed by atoms with Crippen LogP contribution in [0.3, 0.4) is 0 Å². The molecule has 0 saturated heterocycles. The van der Waals surface area contributed by atoms with E-state index in [1.54, 1.807) is 0 Å². The van der Waals surface area contributed by atoms with Crippen LogP contribution in [0.25, 0.3) is 0 Å². The Morgan fingerprint density at radius 1 is 1.70 bits per heavy atom. The summed E-state index contributed by atoms with van der Waals surface area (Å²) in [5.41, 5.74) is 1.21. The molecule has 0 aromatic carbocycles. The Bertz CT molecular complexity index is 223. The fourth-order valence-electron chi connectivity index (χ4n) is 0.795. The van der Waals surface area contributed by atoms with Crippen molar-refractivity contribution in [2.75, 3.05) is 0 Å². The molecule has 2 nitrogen and oxygen atoms in total. The third-order valence-corrected chi connectivity index (χ3v) is 1.44. The molecule has 1 aromatic rings. The van der Waals surface area contributed by atoms with Gasteiger partial charge in [0.15, 0.2) is 0 Å². The van der Waals surface area contributed by atoms with Crippen molar-refractivity contribution >= 4 is 0 Å². The molecule has 2 heteroatoms. The second kappa shape index (κ2) is 3.20. The van der Waals surface area contributed by atoms with Gasteiger partial charge in [0, 0.05) is 11.9 Å². The molecule has 0 saturated carbocycles. The lowest BCUT2D eigenvalue weighted by Gasteiger charge is -1.96. The monoisotopic (exact) mass is 136 g/mol. The highest BCUT2D eigenvalue weighted by molar-refractivity contribution is 4.97. The van der Waals surface area contributed by atoms with Gasteiger partial charge >= 0.3 is 0 Å². The number of hydrogen-bond acceptors (Lipinski definition) is 1. The third-order valence-electron chi connectivity index (χ3n) is 1.44. The Kier molecular flexibility index (Phi) is 2.26. The molecule has 0 N–H and O–H groups in total. The molecule has 0 atom stereocenters. The van der Waals surface area contributed by atoms with Crippen molar-refractivity contribution < 1.29 is 0 Å². The zero-order valence-corrected chi connectivity index (χ0v) is 6.41. The van der Waals surface area contributed by atoms with E-state index in [9.17, 15) is 0 Å². The quantitative estimate of drug-likeness (QED) is 0.566. The predicted octanol–water partition coefficient (Wildman–Crippen LogP) is 1.77. The first-order valence-electron chi connectivity index (χ1n) is 3.44. The third kappa shape index (κ3) is 1.47. The van der Waals surface area contributed by atoms with Crippen LogP contribution in [0.1, 0.15) is 12.6 Å². The van der Waals surface area contributed by atoms with Gasteiger partial charge in [0.05, 0.1) is 6.54 Å². The maximum atomic E-state index is 4.12. The zero-order chi connectivity index (χ0) is 7.40. The first-order chi connectivity index (χ1) is 4.84. The second-order valence-corrected chi connectivity index (χ2v) is 2.22. The molecule has 1 heterocycles. The molecular formula is C8H12N2. The van der Waals surface area contributed by atoms with Crippen LogP contribution < -0.4 is 0 Å². The van der Waals surface area contributed by atoms with Crippen LogP contribution in [-0.2, 0) is 6.54 Å². The van der Waals surface area contributed by atoms with E-state index in [1.807, 2.05) is 29.9 Å². The summed E-state index contributed by atoms with van der Waals surface area (Å²) in [6.45, 7) is 4.95. The van der Waals surface area contributed by atoms with Crippen molar-refractivity contribution in [2.24, 2.45) is 0 Å². The van der Waals surface area contributed by atoms with Crippen LogP contribution in [0.4, 0.5) is 0 Å². The Morgan fingerprint density at radius 2 is 2.50 bits per heavy atom. The van der Waals surface area contributed by atoms with E-state index in [0.29, 0.717) is 0 Å². The summed E-state index contributed by atoms with van der Waals surface area (Å²) in [4.78, 5) is 0. The molecule has 0 aliphatic carbocycles. The SMILES string of the molecule is CC=CCn1nccc1C. The molecule has 0 aliphatic rings. The fraction of sp³-hybridized carbons (Fsp3) is 0.375. The van der Waals surface area contributed by atoms with Gasteiger partial charge in [0.1, 0.15) is 0 Å². The van der Waals surface area contributed by atoms with Crippen LogP contribution in [0.2, 0.25) is 0 Å². The van der Waals surface area contributed by atoms with Crippen LogP contribution in [-0.4, -0.2) is 9.78 Å². The highest BCUT2D eigenvalue weighted by atomic mass is 15.3. The Balaban J connectivity index is 2.65. The summed E-state index contributed by atoms with van der Waals surface area (Å²) >= 11 is 0. The number of hydrogen-bond donors (Lipinski definition) is 0. The molecule has 1 aromatic heterocycles. The topological polar surface area (TPSA) is 17.8 Å². The highest BCUT2D eigenvalue weighted by Crippen LogP contribution is 1.94. The first kappa shape index (κ1) is 7.06. The summed E-state index contributed by atoms with van der Waals surface area (Å²) in [5, 5.41) is 4.12. The van der Waals surface area contributed by atoms with Crippen molar-refractivity contribution in [3.8, 4) is 0 Å². The van der Waals surface area contributed by atoms with E-state index in [0.717, 1.165) is 6.54 Å². The van der Waals surface area contributed by atoms with Gasteiger partial charge in [0.25, 0.3) is 0 Å². The summed E-state index contributed by atoms with van der Waals surface area (Å²) in [6, 6.07) is 2.00. The fourth-order valence-corrected chi connectivity index (χ4v) is 0.795. The van der Waals surface area contributed by atoms with Gasteiger partial charge < -0.3 is 0 Å². The van der Waals surface area contributed by atoms with E-state index in [2.05, 4.69) is 18.1 Å². The van der Waals surface area contributed by atoms with Gasteiger partial charge in [0.2, 0.25) is 0 Å². The predicted molar refractivity (Wildman–Crippen MR) is 41.8 cm³/mol. The highest BCUT2D eigenvalue weighted by Gasteiger charge is 1.90. The van der Waals surface area contributed by atoms with Crippen molar-refractivity contribution in [3.63, 3.8) is 0 Å². The number of aryl methyl sites for hydroxylation is 1. The standard InChI is InChI=1S/C8H12N2/c1-3-4-7-10-8(2)5-6-9-10/h3-6H,7H2,1-2H3. The number of nitrogens with zero attached hydrogens (tertiary/aromatic N) is 2. The van der Waals surface area contributed by atoms with Crippen molar-refractivity contribution in [1.82, 2.24) is 9.78 Å². The van der Waals surface area contributed by atoms with E-state index >= 15 is 0 Å². The summed E-state index contributed by atoms with van der Waals surface area (Å²) in [6.07, 6.45) is 5.93. The molecule has 0 spiro atoms. The molecule has 54 valence electrons. The molecule has 0 unspecified atom stereocenters. The summed E-state index contributed by atoms with van der Waals surface area (Å²) in [7, 11) is 0.